The smallest absolute Gasteiger partial charge is 0.254 e. The van der Waals surface area contributed by atoms with Gasteiger partial charge in [0.2, 0.25) is 5.65 Å². The molecule has 1 aromatic carbocycles. The minimum Gasteiger partial charge on any atom is -0.362 e. The van der Waals surface area contributed by atoms with Gasteiger partial charge >= 0.3 is 0 Å². The maximum absolute atomic E-state index is 13.7. The molecule has 0 aliphatic heterocycles. The van der Waals surface area contributed by atoms with E-state index in [9.17, 15) is 4.39 Å². The maximum atomic E-state index is 13.7. The van der Waals surface area contributed by atoms with E-state index in [1.165, 1.54) is 12.1 Å². The van der Waals surface area contributed by atoms with E-state index in [2.05, 4.69) is 29.5 Å². The second-order valence-electron chi connectivity index (χ2n) is 10.1. The topological polar surface area (TPSA) is 48.7 Å². The average Bonchev–Trinajstić information content (AvgIpc) is 3.45. The lowest BCUT2D eigenvalue weighted by Crippen LogP contribution is -2.22. The fourth-order valence-corrected chi connectivity index (χ4v) is 4.92. The summed E-state index contributed by atoms with van der Waals surface area (Å²) in [5, 5.41) is 4.99. The first-order valence-electron chi connectivity index (χ1n) is 11.6. The van der Waals surface area contributed by atoms with Crippen LogP contribution in [0.15, 0.2) is 48.8 Å². The second-order valence-corrected chi connectivity index (χ2v) is 15.7. The summed E-state index contributed by atoms with van der Waals surface area (Å²) in [7, 11) is -1.19. The number of halogens is 1. The van der Waals surface area contributed by atoms with Crippen molar-refractivity contribution in [3.63, 3.8) is 0 Å². The van der Waals surface area contributed by atoms with Crippen LogP contribution in [0.5, 0.6) is 0 Å². The average molecular weight is 474 g/mol. The standard InChI is InChI=1S/C26H28FN5OSi/c1-28-23-15-29-22-12-9-20(16-31(22)23)24-25(18-7-10-21(27)11-8-18)30-32(26(24)19-5-6-19)17-33-13-14-34(2,3)4/h7-12,15-16,19H,5-6,13-14,17H2,2-4H3. The molecule has 6 nitrogen and oxygen atoms in total. The molecule has 3 heterocycles. The molecule has 0 amide bonds. The fourth-order valence-electron chi connectivity index (χ4n) is 4.17. The summed E-state index contributed by atoms with van der Waals surface area (Å²) in [6.45, 7) is 15.6. The number of aromatic nitrogens is 4. The minimum absolute atomic E-state index is 0.275. The zero-order chi connectivity index (χ0) is 23.9. The lowest BCUT2D eigenvalue weighted by molar-refractivity contribution is 0.0767. The van der Waals surface area contributed by atoms with Crippen LogP contribution in [-0.4, -0.2) is 33.8 Å². The molecule has 174 valence electrons. The van der Waals surface area contributed by atoms with Gasteiger partial charge in [-0.3, -0.25) is 0 Å². The van der Waals surface area contributed by atoms with Gasteiger partial charge in [0.05, 0.1) is 18.1 Å². The molecule has 1 saturated carbocycles. The molecule has 1 aliphatic carbocycles. The second kappa shape index (κ2) is 8.82. The molecule has 0 atom stereocenters. The van der Waals surface area contributed by atoms with Gasteiger partial charge in [-0.1, -0.05) is 26.2 Å². The summed E-state index contributed by atoms with van der Waals surface area (Å²) in [6, 6.07) is 11.5. The van der Waals surface area contributed by atoms with Crippen molar-refractivity contribution in [2.45, 2.75) is 51.2 Å². The predicted molar refractivity (Wildman–Crippen MR) is 134 cm³/mol. The Balaban J connectivity index is 1.62. The van der Waals surface area contributed by atoms with Gasteiger partial charge in [0, 0.05) is 43.4 Å². The van der Waals surface area contributed by atoms with Gasteiger partial charge in [-0.15, -0.1) is 0 Å². The number of rotatable bonds is 8. The summed E-state index contributed by atoms with van der Waals surface area (Å²) < 4.78 is 23.6. The van der Waals surface area contributed by atoms with Crippen LogP contribution >= 0.6 is 0 Å². The summed E-state index contributed by atoms with van der Waals surface area (Å²) in [4.78, 5) is 7.93. The van der Waals surface area contributed by atoms with E-state index in [0.29, 0.717) is 18.5 Å². The van der Waals surface area contributed by atoms with Crippen molar-refractivity contribution in [1.82, 2.24) is 19.2 Å². The molecule has 34 heavy (non-hydrogen) atoms. The largest absolute Gasteiger partial charge is 0.362 e. The first kappa shape index (κ1) is 22.5. The highest BCUT2D eigenvalue weighted by Gasteiger charge is 2.34. The Hall–Kier alpha value is -3.28. The van der Waals surface area contributed by atoms with Gasteiger partial charge in [-0.05, 0) is 49.2 Å². The summed E-state index contributed by atoms with van der Waals surface area (Å²) >= 11 is 0. The van der Waals surface area contributed by atoms with Gasteiger partial charge in [0.1, 0.15) is 18.2 Å². The van der Waals surface area contributed by atoms with Crippen LogP contribution in [0.3, 0.4) is 0 Å². The Morgan fingerprint density at radius 1 is 1.12 bits per heavy atom. The Kier molecular flexibility index (Phi) is 5.84. The maximum Gasteiger partial charge on any atom is 0.254 e. The van der Waals surface area contributed by atoms with Crippen LogP contribution in [0, 0.1) is 12.4 Å². The van der Waals surface area contributed by atoms with Gasteiger partial charge in [0.25, 0.3) is 5.82 Å². The third kappa shape index (κ3) is 4.54. The number of hydrogen-bond acceptors (Lipinski definition) is 3. The highest BCUT2D eigenvalue weighted by molar-refractivity contribution is 6.76. The molecular formula is C26H28FN5OSi. The molecule has 8 heteroatoms. The number of pyridine rings is 1. The van der Waals surface area contributed by atoms with Crippen LogP contribution < -0.4 is 0 Å². The molecule has 0 unspecified atom stereocenters. The van der Waals surface area contributed by atoms with Crippen LogP contribution in [-0.2, 0) is 11.5 Å². The fraction of sp³-hybridized carbons (Fsp3) is 0.346. The summed E-state index contributed by atoms with van der Waals surface area (Å²) in [5.41, 5.74) is 5.53. The molecule has 1 aliphatic rings. The number of benzene rings is 1. The van der Waals surface area contributed by atoms with Crippen LogP contribution in [0.4, 0.5) is 10.2 Å². The van der Waals surface area contributed by atoms with E-state index in [1.807, 2.05) is 27.4 Å². The van der Waals surface area contributed by atoms with Crippen molar-refractivity contribution in [2.75, 3.05) is 6.61 Å². The van der Waals surface area contributed by atoms with Gasteiger partial charge < -0.3 is 9.58 Å². The van der Waals surface area contributed by atoms with Crippen molar-refractivity contribution in [1.29, 1.82) is 0 Å². The van der Waals surface area contributed by atoms with Gasteiger partial charge in [-0.25, -0.2) is 18.5 Å². The predicted octanol–water partition coefficient (Wildman–Crippen LogP) is 6.74. The molecular weight excluding hydrogens is 445 g/mol. The van der Waals surface area contributed by atoms with E-state index < -0.39 is 8.07 Å². The zero-order valence-electron chi connectivity index (χ0n) is 19.8. The molecule has 1 fully saturated rings. The van der Waals surface area contributed by atoms with E-state index in [-0.39, 0.29) is 5.82 Å². The van der Waals surface area contributed by atoms with Crippen molar-refractivity contribution in [3.05, 3.63) is 71.7 Å². The van der Waals surface area contributed by atoms with E-state index in [4.69, 9.17) is 16.4 Å². The van der Waals surface area contributed by atoms with E-state index >= 15 is 0 Å². The molecule has 0 saturated heterocycles. The van der Waals surface area contributed by atoms with Crippen molar-refractivity contribution in [3.8, 4) is 22.4 Å². The first-order valence-corrected chi connectivity index (χ1v) is 15.3. The third-order valence-electron chi connectivity index (χ3n) is 6.17. The summed E-state index contributed by atoms with van der Waals surface area (Å²) in [6.07, 6.45) is 5.76. The SMILES string of the molecule is [C-]#[N+]c1cnc2ccc(-c3c(-c4ccc(F)cc4)nn(COCC[Si](C)(C)C)c3C3CC3)cn12. The molecule has 0 spiro atoms. The van der Waals surface area contributed by atoms with Crippen molar-refractivity contribution < 1.29 is 9.13 Å². The number of hydrogen-bond donors (Lipinski definition) is 0. The lowest BCUT2D eigenvalue weighted by Gasteiger charge is -2.16. The number of ether oxygens (including phenoxy) is 1. The zero-order valence-corrected chi connectivity index (χ0v) is 20.8. The number of imidazole rings is 1. The quantitative estimate of drug-likeness (QED) is 0.162. The molecule has 4 aromatic rings. The molecule has 3 aromatic heterocycles. The normalized spacial score (nSPS) is 14.0. The highest BCUT2D eigenvalue weighted by Crippen LogP contribution is 2.47. The van der Waals surface area contributed by atoms with E-state index in [1.54, 1.807) is 18.3 Å². The minimum atomic E-state index is -1.19. The Morgan fingerprint density at radius 2 is 1.85 bits per heavy atom. The number of fused-ring (bicyclic) bond motifs is 1. The Labute approximate surface area is 199 Å². The Morgan fingerprint density at radius 3 is 2.53 bits per heavy atom. The summed E-state index contributed by atoms with van der Waals surface area (Å²) in [5.74, 6) is 0.606. The first-order chi connectivity index (χ1) is 16.3. The molecule has 0 N–H and O–H groups in total. The molecule has 5 rings (SSSR count). The number of nitrogens with zero attached hydrogens (tertiary/aromatic N) is 5. The van der Waals surface area contributed by atoms with Gasteiger partial charge in [-0.2, -0.15) is 5.10 Å². The van der Waals surface area contributed by atoms with Crippen LogP contribution in [0.1, 0.15) is 24.5 Å². The molecule has 0 bridgehead atoms. The highest BCUT2D eigenvalue weighted by atomic mass is 28.3. The molecule has 0 radical (unpaired) electrons. The van der Waals surface area contributed by atoms with Gasteiger partial charge in [0.15, 0.2) is 0 Å². The van der Waals surface area contributed by atoms with Crippen LogP contribution in [0.2, 0.25) is 25.7 Å². The van der Waals surface area contributed by atoms with Crippen molar-refractivity contribution >= 4 is 19.5 Å². The Bertz CT molecular complexity index is 1370. The monoisotopic (exact) mass is 473 g/mol. The third-order valence-corrected chi connectivity index (χ3v) is 7.88. The van der Waals surface area contributed by atoms with Crippen LogP contribution in [0.25, 0.3) is 32.9 Å². The van der Waals surface area contributed by atoms with E-state index in [0.717, 1.165) is 59.2 Å². The van der Waals surface area contributed by atoms with Crippen molar-refractivity contribution in [2.24, 2.45) is 0 Å². The lowest BCUT2D eigenvalue weighted by atomic mass is 9.98.